The van der Waals surface area contributed by atoms with E-state index in [9.17, 15) is 0 Å². The summed E-state index contributed by atoms with van der Waals surface area (Å²) in [6.07, 6.45) is 2.51. The molecule has 2 rings (SSSR count). The van der Waals surface area contributed by atoms with E-state index in [0.29, 0.717) is 17.7 Å². The molecular formula is C11H16N2OS. The van der Waals surface area contributed by atoms with Gasteiger partial charge in [-0.2, -0.15) is 11.8 Å². The van der Waals surface area contributed by atoms with Gasteiger partial charge in [0.15, 0.2) is 0 Å². The molecule has 2 N–H and O–H groups in total. The number of nitrogens with zero attached hydrogens (tertiary/aromatic N) is 1. The first kappa shape index (κ1) is 10.8. The van der Waals surface area contributed by atoms with E-state index in [1.54, 1.807) is 7.11 Å². The number of methoxy groups -OCH3 is 1. The fraction of sp³-hybridized carbons (Fsp3) is 0.545. The Kier molecular flexibility index (Phi) is 3.49. The van der Waals surface area contributed by atoms with Gasteiger partial charge in [0.25, 0.3) is 0 Å². The summed E-state index contributed by atoms with van der Waals surface area (Å²) >= 11 is 1.98. The Hall–Kier alpha value is -0.740. The van der Waals surface area contributed by atoms with Crippen LogP contribution in [0.4, 0.5) is 0 Å². The SMILES string of the molecule is COc1nc(C2CCCS2)ccc1CN. The Morgan fingerprint density at radius 1 is 1.60 bits per heavy atom. The van der Waals surface area contributed by atoms with E-state index >= 15 is 0 Å². The third-order valence-electron chi connectivity index (χ3n) is 2.63. The van der Waals surface area contributed by atoms with Gasteiger partial charge in [-0.1, -0.05) is 6.07 Å². The predicted octanol–water partition coefficient (Wildman–Crippen LogP) is 2.12. The minimum Gasteiger partial charge on any atom is -0.481 e. The van der Waals surface area contributed by atoms with Crippen molar-refractivity contribution in [3.63, 3.8) is 0 Å². The lowest BCUT2D eigenvalue weighted by Crippen LogP contribution is -2.04. The van der Waals surface area contributed by atoms with Crippen molar-refractivity contribution in [2.75, 3.05) is 12.9 Å². The molecule has 3 nitrogen and oxygen atoms in total. The molecule has 0 bridgehead atoms. The van der Waals surface area contributed by atoms with Crippen LogP contribution in [0, 0.1) is 0 Å². The van der Waals surface area contributed by atoms with Crippen LogP contribution in [0.1, 0.15) is 29.3 Å². The molecule has 0 aliphatic carbocycles. The highest BCUT2D eigenvalue weighted by molar-refractivity contribution is 7.99. The predicted molar refractivity (Wildman–Crippen MR) is 63.1 cm³/mol. The number of hydrogen-bond acceptors (Lipinski definition) is 4. The van der Waals surface area contributed by atoms with E-state index in [4.69, 9.17) is 10.5 Å². The highest BCUT2D eigenvalue weighted by atomic mass is 32.2. The number of hydrogen-bond donors (Lipinski definition) is 1. The van der Waals surface area contributed by atoms with Gasteiger partial charge in [-0.25, -0.2) is 4.98 Å². The normalized spacial score (nSPS) is 20.5. The van der Waals surface area contributed by atoms with E-state index in [-0.39, 0.29) is 0 Å². The molecule has 1 aliphatic heterocycles. The summed E-state index contributed by atoms with van der Waals surface area (Å²) in [5.41, 5.74) is 7.71. The van der Waals surface area contributed by atoms with Gasteiger partial charge in [0.05, 0.1) is 12.8 Å². The molecule has 0 spiro atoms. The maximum atomic E-state index is 5.60. The molecule has 0 saturated carbocycles. The molecular weight excluding hydrogens is 208 g/mol. The molecule has 1 aromatic rings. The molecule has 15 heavy (non-hydrogen) atoms. The Labute approximate surface area is 94.4 Å². The van der Waals surface area contributed by atoms with Gasteiger partial charge in [0.2, 0.25) is 5.88 Å². The van der Waals surface area contributed by atoms with Crippen molar-refractivity contribution in [2.45, 2.75) is 24.6 Å². The van der Waals surface area contributed by atoms with Crippen LogP contribution in [0.3, 0.4) is 0 Å². The van der Waals surface area contributed by atoms with Crippen molar-refractivity contribution in [1.29, 1.82) is 0 Å². The maximum absolute atomic E-state index is 5.60. The smallest absolute Gasteiger partial charge is 0.217 e. The number of aromatic nitrogens is 1. The summed E-state index contributed by atoms with van der Waals surface area (Å²) in [7, 11) is 1.65. The lowest BCUT2D eigenvalue weighted by Gasteiger charge is -2.11. The van der Waals surface area contributed by atoms with Gasteiger partial charge in [-0.3, -0.25) is 0 Å². The van der Waals surface area contributed by atoms with Crippen molar-refractivity contribution in [3.05, 3.63) is 23.4 Å². The van der Waals surface area contributed by atoms with Crippen LogP contribution in [0.25, 0.3) is 0 Å². The molecule has 82 valence electrons. The van der Waals surface area contributed by atoms with Crippen LogP contribution in [-0.2, 0) is 6.54 Å². The third-order valence-corrected chi connectivity index (χ3v) is 4.04. The first-order chi connectivity index (χ1) is 7.35. The Morgan fingerprint density at radius 2 is 2.47 bits per heavy atom. The molecule has 4 heteroatoms. The quantitative estimate of drug-likeness (QED) is 0.854. The molecule has 1 unspecified atom stereocenters. The van der Waals surface area contributed by atoms with Crippen molar-refractivity contribution >= 4 is 11.8 Å². The highest BCUT2D eigenvalue weighted by Gasteiger charge is 2.19. The highest BCUT2D eigenvalue weighted by Crippen LogP contribution is 2.39. The summed E-state index contributed by atoms with van der Waals surface area (Å²) < 4.78 is 5.24. The summed E-state index contributed by atoms with van der Waals surface area (Å²) in [6.45, 7) is 0.480. The average molecular weight is 224 g/mol. The van der Waals surface area contributed by atoms with Gasteiger partial charge >= 0.3 is 0 Å². The zero-order valence-corrected chi connectivity index (χ0v) is 9.72. The first-order valence-corrected chi connectivity index (χ1v) is 6.25. The zero-order chi connectivity index (χ0) is 10.7. The summed E-state index contributed by atoms with van der Waals surface area (Å²) in [5, 5.41) is 0.547. The summed E-state index contributed by atoms with van der Waals surface area (Å²) in [4.78, 5) is 4.52. The number of pyridine rings is 1. The van der Waals surface area contributed by atoms with E-state index in [1.165, 1.54) is 18.6 Å². The van der Waals surface area contributed by atoms with Crippen molar-refractivity contribution in [2.24, 2.45) is 5.73 Å². The molecule has 0 amide bonds. The number of thioether (sulfide) groups is 1. The van der Waals surface area contributed by atoms with Crippen molar-refractivity contribution in [1.82, 2.24) is 4.98 Å². The van der Waals surface area contributed by atoms with E-state index in [0.717, 1.165) is 11.3 Å². The van der Waals surface area contributed by atoms with E-state index in [2.05, 4.69) is 11.1 Å². The summed E-state index contributed by atoms with van der Waals surface area (Å²) in [6, 6.07) is 4.10. The van der Waals surface area contributed by atoms with Crippen LogP contribution < -0.4 is 10.5 Å². The Morgan fingerprint density at radius 3 is 3.07 bits per heavy atom. The Bertz CT molecular complexity index is 337. The second-order valence-corrected chi connectivity index (χ2v) is 4.92. The van der Waals surface area contributed by atoms with E-state index in [1.807, 2.05) is 17.8 Å². The molecule has 1 atom stereocenters. The molecule has 1 saturated heterocycles. The minimum absolute atomic E-state index is 0.480. The molecule has 1 fully saturated rings. The molecule has 1 aromatic heterocycles. The second-order valence-electron chi connectivity index (χ2n) is 3.61. The van der Waals surface area contributed by atoms with Crippen LogP contribution in [0.15, 0.2) is 12.1 Å². The lowest BCUT2D eigenvalue weighted by atomic mass is 10.1. The standard InChI is InChI=1S/C11H16N2OS/c1-14-11-8(7-12)4-5-9(13-11)10-3-2-6-15-10/h4-5,10H,2-3,6-7,12H2,1H3. The van der Waals surface area contributed by atoms with Crippen molar-refractivity contribution < 1.29 is 4.74 Å². The third kappa shape index (κ3) is 2.26. The first-order valence-electron chi connectivity index (χ1n) is 5.20. The van der Waals surface area contributed by atoms with Crippen LogP contribution in [0.2, 0.25) is 0 Å². The fourth-order valence-corrected chi connectivity index (χ4v) is 3.06. The molecule has 1 aliphatic rings. The lowest BCUT2D eigenvalue weighted by molar-refractivity contribution is 0.391. The Balaban J connectivity index is 2.25. The number of ether oxygens (including phenoxy) is 1. The van der Waals surface area contributed by atoms with Gasteiger partial charge in [0, 0.05) is 17.4 Å². The van der Waals surface area contributed by atoms with Crippen molar-refractivity contribution in [3.8, 4) is 5.88 Å². The number of nitrogens with two attached hydrogens (primary N) is 1. The van der Waals surface area contributed by atoms with Crippen LogP contribution in [0.5, 0.6) is 5.88 Å². The van der Waals surface area contributed by atoms with Gasteiger partial charge in [0.1, 0.15) is 0 Å². The average Bonchev–Trinajstić information content (AvgIpc) is 2.81. The van der Waals surface area contributed by atoms with Gasteiger partial charge < -0.3 is 10.5 Å². The zero-order valence-electron chi connectivity index (χ0n) is 8.90. The number of rotatable bonds is 3. The minimum atomic E-state index is 0.480. The maximum Gasteiger partial charge on any atom is 0.217 e. The van der Waals surface area contributed by atoms with Crippen LogP contribution >= 0.6 is 11.8 Å². The summed E-state index contributed by atoms with van der Waals surface area (Å²) in [5.74, 6) is 1.93. The molecule has 0 radical (unpaired) electrons. The largest absolute Gasteiger partial charge is 0.481 e. The second kappa shape index (κ2) is 4.86. The fourth-order valence-electron chi connectivity index (χ4n) is 1.81. The van der Waals surface area contributed by atoms with Gasteiger partial charge in [-0.05, 0) is 24.7 Å². The van der Waals surface area contributed by atoms with Gasteiger partial charge in [-0.15, -0.1) is 0 Å². The monoisotopic (exact) mass is 224 g/mol. The van der Waals surface area contributed by atoms with E-state index < -0.39 is 0 Å². The topological polar surface area (TPSA) is 48.1 Å². The van der Waals surface area contributed by atoms with Crippen LogP contribution in [-0.4, -0.2) is 17.8 Å². The molecule has 2 heterocycles. The molecule has 0 aromatic carbocycles.